The van der Waals surface area contributed by atoms with E-state index in [0.29, 0.717) is 40.8 Å². The number of amides is 1. The zero-order chi connectivity index (χ0) is 27.0. The summed E-state index contributed by atoms with van der Waals surface area (Å²) in [6.07, 6.45) is -0.380. The standard InChI is InChI=1S/C25H25ClF3N5O3S/c1-32(23(35)17-13-38(36,37)14-24(17)8-9-24)22(25(27,28)29)15-4-6-16(7-5-15)33-10-2-3-18-19(33)12-30-21-11-20(26)31-34(18)21/h4-7,11-12,17,22H,2-3,8-10,13-14H2,1H3/t17-,22-/m0/s1. The first kappa shape index (κ1) is 25.4. The summed E-state index contributed by atoms with van der Waals surface area (Å²) in [5.74, 6) is -2.23. The fraction of sp³-hybridized carbons (Fsp3) is 0.480. The van der Waals surface area contributed by atoms with Gasteiger partial charge in [0.1, 0.15) is 0 Å². The molecule has 1 spiro atoms. The molecule has 2 fully saturated rings. The van der Waals surface area contributed by atoms with Crippen LogP contribution < -0.4 is 4.90 Å². The highest BCUT2D eigenvalue weighted by atomic mass is 35.5. The summed E-state index contributed by atoms with van der Waals surface area (Å²) in [6.45, 7) is 0.647. The van der Waals surface area contributed by atoms with E-state index in [1.165, 1.54) is 12.1 Å². The highest BCUT2D eigenvalue weighted by molar-refractivity contribution is 7.91. The lowest BCUT2D eigenvalue weighted by Gasteiger charge is -2.34. The van der Waals surface area contributed by atoms with E-state index < -0.39 is 45.0 Å². The van der Waals surface area contributed by atoms with Crippen molar-refractivity contribution in [2.24, 2.45) is 11.3 Å². The normalized spacial score (nSPS) is 22.4. The molecular formula is C25H25ClF3N5O3S. The number of aryl methyl sites for hydroxylation is 1. The molecule has 0 bridgehead atoms. The van der Waals surface area contributed by atoms with E-state index in [4.69, 9.17) is 11.6 Å². The number of hydrogen-bond acceptors (Lipinski definition) is 6. The molecular weight excluding hydrogens is 543 g/mol. The first-order valence-corrected chi connectivity index (χ1v) is 14.5. The molecule has 0 N–H and O–H groups in total. The zero-order valence-electron chi connectivity index (χ0n) is 20.4. The number of halogens is 4. The number of anilines is 2. The van der Waals surface area contributed by atoms with E-state index in [0.717, 1.165) is 31.3 Å². The lowest BCUT2D eigenvalue weighted by Crippen LogP contribution is -2.44. The number of benzene rings is 1. The monoisotopic (exact) mass is 567 g/mol. The number of carbonyl (C=O) groups is 1. The van der Waals surface area contributed by atoms with Gasteiger partial charge in [-0.1, -0.05) is 23.7 Å². The minimum absolute atomic E-state index is 0.0903. The molecule has 2 aliphatic heterocycles. The van der Waals surface area contributed by atoms with Gasteiger partial charge in [-0.05, 0) is 48.8 Å². The van der Waals surface area contributed by atoms with Gasteiger partial charge in [0.15, 0.2) is 26.7 Å². The number of hydrogen-bond donors (Lipinski definition) is 0. The van der Waals surface area contributed by atoms with Gasteiger partial charge in [0.25, 0.3) is 0 Å². The van der Waals surface area contributed by atoms with Crippen molar-refractivity contribution in [1.82, 2.24) is 19.5 Å². The van der Waals surface area contributed by atoms with E-state index in [1.807, 2.05) is 4.90 Å². The van der Waals surface area contributed by atoms with Crippen LogP contribution in [-0.4, -0.2) is 65.1 Å². The Balaban J connectivity index is 1.30. The SMILES string of the molecule is CN(C(=O)[C@@H]1CS(=O)(=O)CC12CC2)[C@@H](c1ccc(N2CCCc3c2cnc2cc(Cl)nn32)cc1)C(F)(F)F. The van der Waals surface area contributed by atoms with Crippen LogP contribution in [-0.2, 0) is 21.1 Å². The van der Waals surface area contributed by atoms with Crippen LogP contribution in [0.4, 0.5) is 24.5 Å². The summed E-state index contributed by atoms with van der Waals surface area (Å²) in [5.41, 5.74) is 2.22. The van der Waals surface area contributed by atoms with Crippen LogP contribution in [0.1, 0.15) is 36.6 Å². The number of rotatable bonds is 4. The highest BCUT2D eigenvalue weighted by Gasteiger charge is 2.62. The van der Waals surface area contributed by atoms with Crippen LogP contribution in [0.5, 0.6) is 0 Å². The van der Waals surface area contributed by atoms with Crippen molar-refractivity contribution in [2.75, 3.05) is 30.0 Å². The third kappa shape index (κ3) is 4.21. The molecule has 0 unspecified atom stereocenters. The van der Waals surface area contributed by atoms with Gasteiger partial charge in [-0.15, -0.1) is 0 Å². The molecule has 2 aromatic heterocycles. The van der Waals surface area contributed by atoms with Gasteiger partial charge in [-0.2, -0.15) is 18.3 Å². The molecule has 3 aliphatic rings. The second kappa shape index (κ2) is 8.57. The number of carbonyl (C=O) groups excluding carboxylic acids is 1. The molecule has 8 nitrogen and oxygen atoms in total. The first-order valence-electron chi connectivity index (χ1n) is 12.3. The van der Waals surface area contributed by atoms with Crippen molar-refractivity contribution in [1.29, 1.82) is 0 Å². The summed E-state index contributed by atoms with van der Waals surface area (Å²) in [4.78, 5) is 20.3. The molecule has 1 amide bonds. The largest absolute Gasteiger partial charge is 0.413 e. The molecule has 2 atom stereocenters. The highest BCUT2D eigenvalue weighted by Crippen LogP contribution is 2.58. The third-order valence-electron chi connectivity index (χ3n) is 8.04. The van der Waals surface area contributed by atoms with E-state index in [9.17, 15) is 26.4 Å². The Morgan fingerprint density at radius 3 is 2.61 bits per heavy atom. The lowest BCUT2D eigenvalue weighted by atomic mass is 9.90. The molecule has 4 heterocycles. The Hall–Kier alpha value is -2.86. The molecule has 1 aliphatic carbocycles. The number of aromatic nitrogens is 3. The van der Waals surface area contributed by atoms with Gasteiger partial charge in [0, 0.05) is 25.3 Å². The molecule has 6 rings (SSSR count). The van der Waals surface area contributed by atoms with E-state index in [1.54, 1.807) is 28.9 Å². The third-order valence-corrected chi connectivity index (χ3v) is 10.1. The molecule has 38 heavy (non-hydrogen) atoms. The maximum Gasteiger partial charge on any atom is 0.413 e. The minimum atomic E-state index is -4.74. The number of sulfone groups is 1. The van der Waals surface area contributed by atoms with Gasteiger partial charge in [-0.25, -0.2) is 17.9 Å². The van der Waals surface area contributed by atoms with Crippen LogP contribution in [0, 0.1) is 11.3 Å². The average Bonchev–Trinajstić information content (AvgIpc) is 3.41. The van der Waals surface area contributed by atoms with Crippen LogP contribution in [0.25, 0.3) is 5.65 Å². The van der Waals surface area contributed by atoms with Crippen LogP contribution >= 0.6 is 11.6 Å². The van der Waals surface area contributed by atoms with Crippen LogP contribution in [0.2, 0.25) is 5.15 Å². The Morgan fingerprint density at radius 2 is 1.95 bits per heavy atom. The van der Waals surface area contributed by atoms with Crippen LogP contribution in [0.3, 0.4) is 0 Å². The molecule has 1 saturated heterocycles. The smallest absolute Gasteiger partial charge is 0.339 e. The molecule has 1 aromatic carbocycles. The number of fused-ring (bicyclic) bond motifs is 3. The number of nitrogens with zero attached hydrogens (tertiary/aromatic N) is 5. The Labute approximate surface area is 222 Å². The van der Waals surface area contributed by atoms with Gasteiger partial charge < -0.3 is 9.80 Å². The summed E-state index contributed by atoms with van der Waals surface area (Å²) < 4.78 is 69.0. The van der Waals surface area contributed by atoms with Gasteiger partial charge in [0.05, 0.1) is 35.0 Å². The van der Waals surface area contributed by atoms with Crippen molar-refractivity contribution >= 4 is 44.4 Å². The van der Waals surface area contributed by atoms with Crippen molar-refractivity contribution in [2.45, 2.75) is 37.9 Å². The van der Waals surface area contributed by atoms with Gasteiger partial charge in [-0.3, -0.25) is 4.79 Å². The molecule has 0 radical (unpaired) electrons. The molecule has 1 saturated carbocycles. The summed E-state index contributed by atoms with van der Waals surface area (Å²) in [5, 5.41) is 4.63. The zero-order valence-corrected chi connectivity index (χ0v) is 22.0. The Bertz CT molecular complexity index is 1540. The predicted molar refractivity (Wildman–Crippen MR) is 135 cm³/mol. The maximum absolute atomic E-state index is 14.3. The Morgan fingerprint density at radius 1 is 1.24 bits per heavy atom. The fourth-order valence-electron chi connectivity index (χ4n) is 6.05. The van der Waals surface area contributed by atoms with Crippen molar-refractivity contribution in [3.05, 3.63) is 52.9 Å². The molecule has 3 aromatic rings. The summed E-state index contributed by atoms with van der Waals surface area (Å²) >= 11 is 6.05. The Kier molecular flexibility index (Phi) is 5.73. The molecule has 13 heteroatoms. The summed E-state index contributed by atoms with van der Waals surface area (Å²) in [7, 11) is -2.34. The maximum atomic E-state index is 14.3. The lowest BCUT2D eigenvalue weighted by molar-refractivity contribution is -0.190. The van der Waals surface area contributed by atoms with E-state index >= 15 is 0 Å². The topological polar surface area (TPSA) is 87.9 Å². The summed E-state index contributed by atoms with van der Waals surface area (Å²) in [6, 6.07) is 5.43. The second-order valence-corrected chi connectivity index (χ2v) is 13.0. The van der Waals surface area contributed by atoms with Gasteiger partial charge >= 0.3 is 6.18 Å². The van der Waals surface area contributed by atoms with E-state index in [-0.39, 0.29) is 11.3 Å². The van der Waals surface area contributed by atoms with Crippen molar-refractivity contribution in [3.8, 4) is 0 Å². The van der Waals surface area contributed by atoms with Gasteiger partial charge in [0.2, 0.25) is 5.91 Å². The van der Waals surface area contributed by atoms with Crippen molar-refractivity contribution in [3.63, 3.8) is 0 Å². The van der Waals surface area contributed by atoms with Crippen LogP contribution in [0.15, 0.2) is 36.5 Å². The van der Waals surface area contributed by atoms with E-state index in [2.05, 4.69) is 10.1 Å². The predicted octanol–water partition coefficient (Wildman–Crippen LogP) is 4.35. The first-order chi connectivity index (χ1) is 17.9. The van der Waals surface area contributed by atoms with Crippen molar-refractivity contribution < 1.29 is 26.4 Å². The minimum Gasteiger partial charge on any atom is -0.339 e. The quantitative estimate of drug-likeness (QED) is 0.466. The number of alkyl halides is 3. The average molecular weight is 568 g/mol. The fourth-order valence-corrected chi connectivity index (χ4v) is 8.71. The second-order valence-electron chi connectivity index (χ2n) is 10.5. The molecule has 202 valence electrons.